The van der Waals surface area contributed by atoms with E-state index in [1.54, 1.807) is 0 Å². The molecule has 2 aromatic carbocycles. The van der Waals surface area contributed by atoms with Gasteiger partial charge in [-0.15, -0.1) is 0 Å². The second-order valence-corrected chi connectivity index (χ2v) is 7.63. The lowest BCUT2D eigenvalue weighted by Gasteiger charge is -2.31. The van der Waals surface area contributed by atoms with Crippen molar-refractivity contribution < 1.29 is 13.5 Å². The molecule has 1 aliphatic rings. The Balaban J connectivity index is 1.32. The van der Waals surface area contributed by atoms with Gasteiger partial charge in [0.1, 0.15) is 5.75 Å². The first kappa shape index (κ1) is 17.4. The molecule has 0 atom stereocenters. The average molecular weight is 374 g/mol. The molecule has 0 radical (unpaired) electrons. The summed E-state index contributed by atoms with van der Waals surface area (Å²) in [6.07, 6.45) is 0.802. The van der Waals surface area contributed by atoms with Crippen LogP contribution in [0.5, 0.6) is 10.9 Å². The van der Waals surface area contributed by atoms with E-state index in [1.165, 1.54) is 16.9 Å². The number of aromatic nitrogens is 1. The van der Waals surface area contributed by atoms with Crippen LogP contribution >= 0.6 is 11.3 Å². The van der Waals surface area contributed by atoms with Crippen molar-refractivity contribution in [2.45, 2.75) is 25.2 Å². The van der Waals surface area contributed by atoms with Crippen LogP contribution in [0.3, 0.4) is 0 Å². The van der Waals surface area contributed by atoms with Crippen molar-refractivity contribution in [2.75, 3.05) is 19.6 Å². The van der Waals surface area contributed by atoms with Crippen LogP contribution in [0, 0.1) is 0 Å². The van der Waals surface area contributed by atoms with Gasteiger partial charge < -0.3 is 9.64 Å². The van der Waals surface area contributed by atoms with Crippen LogP contribution in [0.15, 0.2) is 48.5 Å². The fourth-order valence-electron chi connectivity index (χ4n) is 3.11. The van der Waals surface area contributed by atoms with Gasteiger partial charge in [-0.3, -0.25) is 0 Å². The summed E-state index contributed by atoms with van der Waals surface area (Å²) in [5, 5.41) is 0.633. The Bertz CT molecular complexity index is 836. The summed E-state index contributed by atoms with van der Waals surface area (Å²) in [6, 6.07) is 15.9. The van der Waals surface area contributed by atoms with Crippen LogP contribution in [0.1, 0.15) is 18.4 Å². The maximum atomic E-state index is 13.2. The van der Waals surface area contributed by atoms with Crippen LogP contribution in [0.4, 0.5) is 8.78 Å². The van der Waals surface area contributed by atoms with E-state index in [0.717, 1.165) is 28.9 Å². The fourth-order valence-corrected chi connectivity index (χ4v) is 3.95. The summed E-state index contributed by atoms with van der Waals surface area (Å²) in [7, 11) is 0. The molecule has 2 heterocycles. The fraction of sp³-hybridized carbons (Fsp3) is 0.350. The molecule has 1 saturated heterocycles. The molecule has 0 amide bonds. The van der Waals surface area contributed by atoms with Crippen LogP contribution in [-0.2, 0) is 6.42 Å². The normalized spacial score (nSPS) is 17.5. The van der Waals surface area contributed by atoms with E-state index in [0.29, 0.717) is 18.3 Å². The van der Waals surface area contributed by atoms with Crippen molar-refractivity contribution in [3.8, 4) is 10.9 Å². The Hall–Kier alpha value is -2.05. The quantitative estimate of drug-likeness (QED) is 0.601. The zero-order valence-electron chi connectivity index (χ0n) is 14.3. The van der Waals surface area contributed by atoms with Gasteiger partial charge in [0.15, 0.2) is 0 Å². The monoisotopic (exact) mass is 374 g/mol. The Morgan fingerprint density at radius 1 is 1.04 bits per heavy atom. The van der Waals surface area contributed by atoms with E-state index in [1.807, 2.05) is 48.5 Å². The largest absolute Gasteiger partial charge is 0.431 e. The lowest BCUT2D eigenvalue weighted by Crippen LogP contribution is -2.40. The highest BCUT2D eigenvalue weighted by molar-refractivity contribution is 7.20. The summed E-state index contributed by atoms with van der Waals surface area (Å²) in [6.45, 7) is 1.77. The van der Waals surface area contributed by atoms with Crippen molar-refractivity contribution in [1.29, 1.82) is 0 Å². The average Bonchev–Trinajstić information content (AvgIpc) is 3.04. The van der Waals surface area contributed by atoms with Crippen LogP contribution < -0.4 is 4.74 Å². The Labute approximate surface area is 155 Å². The number of rotatable bonds is 5. The third-order valence-corrected chi connectivity index (χ3v) is 5.62. The molecule has 0 unspecified atom stereocenters. The van der Waals surface area contributed by atoms with Gasteiger partial charge in [0.05, 0.1) is 10.2 Å². The molecule has 3 aromatic rings. The predicted molar refractivity (Wildman–Crippen MR) is 100 cm³/mol. The minimum atomic E-state index is -2.48. The van der Waals surface area contributed by atoms with E-state index < -0.39 is 5.92 Å². The number of ether oxygens (including phenoxy) is 1. The van der Waals surface area contributed by atoms with Crippen LogP contribution in [0.25, 0.3) is 10.2 Å². The van der Waals surface area contributed by atoms with Gasteiger partial charge in [0.25, 0.3) is 11.1 Å². The van der Waals surface area contributed by atoms with Crippen molar-refractivity contribution in [3.05, 3.63) is 54.1 Å². The molecule has 1 aliphatic heterocycles. The molecule has 26 heavy (non-hydrogen) atoms. The molecule has 0 aliphatic carbocycles. The van der Waals surface area contributed by atoms with Gasteiger partial charge in [0.2, 0.25) is 0 Å². The summed E-state index contributed by atoms with van der Waals surface area (Å²) >= 11 is 1.52. The molecule has 6 heteroatoms. The second kappa shape index (κ2) is 7.29. The Kier molecular flexibility index (Phi) is 4.87. The number of likely N-dealkylation sites (tertiary alicyclic amines) is 1. The van der Waals surface area contributed by atoms with Gasteiger partial charge in [-0.25, -0.2) is 13.8 Å². The first-order chi connectivity index (χ1) is 12.6. The lowest BCUT2D eigenvalue weighted by molar-refractivity contribution is -0.0548. The van der Waals surface area contributed by atoms with E-state index in [9.17, 15) is 8.78 Å². The van der Waals surface area contributed by atoms with Crippen molar-refractivity contribution in [1.82, 2.24) is 9.88 Å². The van der Waals surface area contributed by atoms with Gasteiger partial charge in [0, 0.05) is 32.5 Å². The summed E-state index contributed by atoms with van der Waals surface area (Å²) in [4.78, 5) is 6.58. The third kappa shape index (κ3) is 4.19. The van der Waals surface area contributed by atoms with Crippen molar-refractivity contribution in [3.63, 3.8) is 0 Å². The zero-order chi connectivity index (χ0) is 18.0. The van der Waals surface area contributed by atoms with Gasteiger partial charge in [-0.05, 0) is 36.2 Å². The molecule has 0 saturated carbocycles. The Morgan fingerprint density at radius 3 is 2.50 bits per heavy atom. The van der Waals surface area contributed by atoms with Gasteiger partial charge >= 0.3 is 0 Å². The number of fused-ring (bicyclic) bond motifs is 1. The number of benzene rings is 2. The summed E-state index contributed by atoms with van der Waals surface area (Å²) in [5.41, 5.74) is 2.12. The maximum Gasteiger partial charge on any atom is 0.279 e. The molecular formula is C20H20F2N2OS. The topological polar surface area (TPSA) is 25.4 Å². The number of thiazole rings is 1. The first-order valence-corrected chi connectivity index (χ1v) is 9.62. The summed E-state index contributed by atoms with van der Waals surface area (Å²) in [5.74, 6) is -1.72. The molecular weight excluding hydrogens is 354 g/mol. The van der Waals surface area contributed by atoms with Crippen LogP contribution in [0.2, 0.25) is 0 Å². The van der Waals surface area contributed by atoms with Gasteiger partial charge in [-0.1, -0.05) is 35.6 Å². The van der Waals surface area contributed by atoms with Crippen LogP contribution in [-0.4, -0.2) is 35.4 Å². The van der Waals surface area contributed by atoms with E-state index in [-0.39, 0.29) is 12.8 Å². The predicted octanol–water partition coefficient (Wildman–Crippen LogP) is 5.36. The number of hydrogen-bond acceptors (Lipinski definition) is 4. The number of halogens is 2. The van der Waals surface area contributed by atoms with E-state index >= 15 is 0 Å². The molecule has 0 bridgehead atoms. The first-order valence-electron chi connectivity index (χ1n) is 8.80. The lowest BCUT2D eigenvalue weighted by atomic mass is 10.1. The standard InChI is InChI=1S/C20H20F2N2OS/c21-20(22)10-13-24(14-11-20)12-9-15-5-7-16(8-6-15)25-19-23-17-3-1-2-4-18(17)26-19/h1-8H,9-14H2. The smallest absolute Gasteiger partial charge is 0.279 e. The second-order valence-electron chi connectivity index (χ2n) is 6.64. The number of nitrogens with zero attached hydrogens (tertiary/aromatic N) is 2. The minimum Gasteiger partial charge on any atom is -0.431 e. The van der Waals surface area contributed by atoms with Gasteiger partial charge in [-0.2, -0.15) is 0 Å². The molecule has 1 fully saturated rings. The zero-order valence-corrected chi connectivity index (χ0v) is 15.1. The molecule has 136 valence electrons. The molecule has 1 aromatic heterocycles. The third-order valence-electron chi connectivity index (χ3n) is 4.71. The molecule has 0 N–H and O–H groups in total. The van der Waals surface area contributed by atoms with Crippen molar-refractivity contribution in [2.24, 2.45) is 0 Å². The highest BCUT2D eigenvalue weighted by atomic mass is 32.1. The number of hydrogen-bond donors (Lipinski definition) is 0. The molecule has 3 nitrogen and oxygen atoms in total. The van der Waals surface area contributed by atoms with E-state index in [2.05, 4.69) is 9.88 Å². The SMILES string of the molecule is FC1(F)CCN(CCc2ccc(Oc3nc4ccccc4s3)cc2)CC1. The maximum absolute atomic E-state index is 13.2. The van der Waals surface area contributed by atoms with E-state index in [4.69, 9.17) is 4.74 Å². The Morgan fingerprint density at radius 2 is 1.77 bits per heavy atom. The molecule has 0 spiro atoms. The highest BCUT2D eigenvalue weighted by Gasteiger charge is 2.33. The number of para-hydroxylation sites is 1. The van der Waals surface area contributed by atoms with Crippen molar-refractivity contribution >= 4 is 21.6 Å². The highest BCUT2D eigenvalue weighted by Crippen LogP contribution is 2.31. The minimum absolute atomic E-state index is 0.0258. The summed E-state index contributed by atoms with van der Waals surface area (Å²) < 4.78 is 33.3. The number of piperidine rings is 1. The molecule has 4 rings (SSSR count). The number of alkyl halides is 2.